The van der Waals surface area contributed by atoms with Crippen molar-refractivity contribution in [1.29, 1.82) is 0 Å². The summed E-state index contributed by atoms with van der Waals surface area (Å²) in [6, 6.07) is 4.46. The van der Waals surface area contributed by atoms with Crippen molar-refractivity contribution in [2.75, 3.05) is 102 Å². The molecular weight excluding hydrogens is 972 g/mol. The number of carbonyl (C=O) groups is 1. The van der Waals surface area contributed by atoms with Gasteiger partial charge < -0.3 is 63.0 Å². The number of methoxy groups -OCH3 is 2. The molecule has 356 valence electrons. The van der Waals surface area contributed by atoms with Crippen molar-refractivity contribution in [2.24, 2.45) is 17.3 Å². The summed E-state index contributed by atoms with van der Waals surface area (Å²) in [6.45, 7) is 14.6. The number of carbonyl (C=O) groups excluding carboxylic acids is 1. The van der Waals surface area contributed by atoms with E-state index in [1.165, 1.54) is 11.8 Å². The van der Waals surface area contributed by atoms with Gasteiger partial charge in [-0.25, -0.2) is 24.7 Å². The molecule has 0 unspecified atom stereocenters. The van der Waals surface area contributed by atoms with Gasteiger partial charge in [-0.1, -0.05) is 11.8 Å². The largest absolute Gasteiger partial charge is 0.486 e. The van der Waals surface area contributed by atoms with Gasteiger partial charge in [-0.2, -0.15) is 0 Å². The van der Waals surface area contributed by atoms with E-state index in [1.807, 2.05) is 46.0 Å². The molecule has 0 saturated carbocycles. The first kappa shape index (κ1) is 48.0. The molecule has 6 atom stereocenters. The molecule has 0 bridgehead atoms. The molecule has 20 heteroatoms. The number of aliphatic hydroxyl groups excluding tert-OH is 1. The summed E-state index contributed by atoms with van der Waals surface area (Å²) in [7, 11) is 3.28. The Morgan fingerprint density at radius 1 is 0.923 bits per heavy atom. The minimum atomic E-state index is -0.572. The second kappa shape index (κ2) is 21.2. The molecule has 1 spiro atoms. The van der Waals surface area contributed by atoms with Gasteiger partial charge in [0.25, 0.3) is 0 Å². The Balaban J connectivity index is 0.000000251. The molecule has 6 aliphatic heterocycles. The summed E-state index contributed by atoms with van der Waals surface area (Å²) < 4.78 is 45.9. The van der Waals surface area contributed by atoms with Gasteiger partial charge in [0.2, 0.25) is 0 Å². The number of fused-ring (bicyclic) bond motifs is 6. The van der Waals surface area contributed by atoms with Crippen LogP contribution in [0.2, 0.25) is 0 Å². The van der Waals surface area contributed by atoms with Crippen LogP contribution < -0.4 is 29.5 Å². The minimum Gasteiger partial charge on any atom is -0.486 e. The van der Waals surface area contributed by atoms with E-state index in [2.05, 4.69) is 52.6 Å². The molecular formula is C45H63IN8O10S. The molecule has 9 rings (SSSR count). The average molecular weight is 1040 g/mol. The zero-order valence-electron chi connectivity index (χ0n) is 38.2. The maximum atomic E-state index is 12.6. The number of amides is 1. The third-order valence-corrected chi connectivity index (χ3v) is 14.6. The van der Waals surface area contributed by atoms with E-state index in [4.69, 9.17) is 47.9 Å². The second-order valence-corrected chi connectivity index (χ2v) is 20.9. The van der Waals surface area contributed by atoms with Crippen LogP contribution in [0.25, 0.3) is 0 Å². The summed E-state index contributed by atoms with van der Waals surface area (Å²) in [5, 5.41) is 14.1. The first-order valence-electron chi connectivity index (χ1n) is 22.4. The second-order valence-electron chi connectivity index (χ2n) is 18.6. The SMILES string of the molecule is COCOC[C@H]1C[C@H]2COc3c(I)ccnc3N2C1.COCOC[C@H]1C[C@H]2COc3c(Sc4cnc(N5CCC6(CC5)CO[C@@H](C)[C@H]6NC(=O)OC(C)(C)C)c(CO)n4)ccnc3N2C1. The van der Waals surface area contributed by atoms with E-state index >= 15 is 0 Å². The molecule has 3 aromatic heterocycles. The molecule has 0 aliphatic carbocycles. The van der Waals surface area contributed by atoms with Crippen LogP contribution in [0.3, 0.4) is 0 Å². The van der Waals surface area contributed by atoms with Gasteiger partial charge in [-0.3, -0.25) is 0 Å². The Kier molecular flexibility index (Phi) is 15.6. The summed E-state index contributed by atoms with van der Waals surface area (Å²) in [5.41, 5.74) is -0.235. The number of hydrogen-bond acceptors (Lipinski definition) is 18. The summed E-state index contributed by atoms with van der Waals surface area (Å²) in [5.74, 6) is 5.10. The maximum Gasteiger partial charge on any atom is 0.407 e. The van der Waals surface area contributed by atoms with E-state index in [0.29, 0.717) is 80.9 Å². The molecule has 3 aromatic rings. The van der Waals surface area contributed by atoms with Crippen LogP contribution in [0.15, 0.2) is 40.6 Å². The van der Waals surface area contributed by atoms with Gasteiger partial charge in [-0.05, 0) is 88.1 Å². The van der Waals surface area contributed by atoms with Gasteiger partial charge >= 0.3 is 6.09 Å². The molecule has 0 aromatic carbocycles. The fraction of sp³-hybridized carbons (Fsp3) is 0.667. The molecule has 0 radical (unpaired) electrons. The van der Waals surface area contributed by atoms with Crippen molar-refractivity contribution in [1.82, 2.24) is 25.3 Å². The van der Waals surface area contributed by atoms with Crippen LogP contribution >= 0.6 is 34.4 Å². The number of hydrogen-bond donors (Lipinski definition) is 2. The third kappa shape index (κ3) is 11.1. The lowest BCUT2D eigenvalue weighted by Crippen LogP contribution is -2.55. The van der Waals surface area contributed by atoms with E-state index in [0.717, 1.165) is 83.6 Å². The van der Waals surface area contributed by atoms with Crippen LogP contribution in [0.5, 0.6) is 11.5 Å². The highest BCUT2D eigenvalue weighted by Gasteiger charge is 2.51. The van der Waals surface area contributed by atoms with Crippen molar-refractivity contribution in [2.45, 2.75) is 99.7 Å². The van der Waals surface area contributed by atoms with Gasteiger partial charge in [0.15, 0.2) is 29.0 Å². The first-order chi connectivity index (χ1) is 31.4. The Morgan fingerprint density at radius 2 is 1.54 bits per heavy atom. The Labute approximate surface area is 399 Å². The molecule has 65 heavy (non-hydrogen) atoms. The Morgan fingerprint density at radius 3 is 2.15 bits per heavy atom. The number of rotatable bonds is 13. The average Bonchev–Trinajstić information content (AvgIpc) is 3.99. The lowest BCUT2D eigenvalue weighted by Gasteiger charge is -2.43. The predicted octanol–water partition coefficient (Wildman–Crippen LogP) is 5.52. The number of aromatic nitrogens is 4. The smallest absolute Gasteiger partial charge is 0.407 e. The number of ether oxygens (including phenoxy) is 8. The van der Waals surface area contributed by atoms with Crippen molar-refractivity contribution in [3.8, 4) is 11.5 Å². The summed E-state index contributed by atoms with van der Waals surface area (Å²) in [4.78, 5) is 39.2. The number of anilines is 3. The molecule has 4 fully saturated rings. The lowest BCUT2D eigenvalue weighted by molar-refractivity contribution is -0.0415. The standard InChI is InChI=1S/C32H46N6O7S.C13H17IN2O3/c1-20-27(36-30(40)45-31(2,3)4)32(18-44-20)7-10-37(11-8-32)28-23(15-39)35-25(13-34-28)46-24-6-9-33-29-26(24)43-17-22-12-21(14-38(22)29)16-42-19-41-5;1-17-8-18-6-9-4-10-7-19-12-11(14)2-3-15-13(12)16(10)5-9/h6,9,13,20-22,27,39H,7-8,10-12,14-19H2,1-5H3,(H,36,40);2-3,9-10H,4-8H2,1H3/t20-,21-,22-,27+;9-,10-/m00/s1. The van der Waals surface area contributed by atoms with E-state index in [9.17, 15) is 9.90 Å². The number of nitrogens with zero attached hydrogens (tertiary/aromatic N) is 7. The highest BCUT2D eigenvalue weighted by Crippen LogP contribution is 2.47. The molecule has 6 aliphatic rings. The number of pyridine rings is 2. The van der Waals surface area contributed by atoms with E-state index in [1.54, 1.807) is 26.6 Å². The quantitative estimate of drug-likeness (QED) is 0.124. The van der Waals surface area contributed by atoms with Crippen LogP contribution in [-0.2, 0) is 35.0 Å². The van der Waals surface area contributed by atoms with Crippen molar-refractivity contribution < 1.29 is 47.8 Å². The fourth-order valence-electron chi connectivity index (χ4n) is 9.89. The number of alkyl carbamates (subject to hydrolysis) is 1. The predicted molar refractivity (Wildman–Crippen MR) is 251 cm³/mol. The topological polar surface area (TPSA) is 184 Å². The zero-order valence-corrected chi connectivity index (χ0v) is 41.2. The van der Waals surface area contributed by atoms with E-state index < -0.39 is 11.7 Å². The zero-order chi connectivity index (χ0) is 45.7. The first-order valence-corrected chi connectivity index (χ1v) is 24.3. The minimum absolute atomic E-state index is 0.112. The van der Waals surface area contributed by atoms with Gasteiger partial charge in [0.1, 0.15) is 43.1 Å². The number of halogens is 1. The Bertz CT molecular complexity index is 2100. The summed E-state index contributed by atoms with van der Waals surface area (Å²) in [6.07, 6.45) is 8.57. The monoisotopic (exact) mass is 1030 g/mol. The highest BCUT2D eigenvalue weighted by molar-refractivity contribution is 14.1. The lowest BCUT2D eigenvalue weighted by atomic mass is 9.73. The van der Waals surface area contributed by atoms with Gasteiger partial charge in [0.05, 0.1) is 65.3 Å². The van der Waals surface area contributed by atoms with Crippen LogP contribution in [0.1, 0.15) is 59.1 Å². The normalized spacial score (nSPS) is 25.1. The van der Waals surface area contributed by atoms with Gasteiger partial charge in [-0.15, -0.1) is 0 Å². The van der Waals surface area contributed by atoms with Crippen LogP contribution in [-0.4, -0.2) is 148 Å². The van der Waals surface area contributed by atoms with Crippen LogP contribution in [0, 0.1) is 20.8 Å². The summed E-state index contributed by atoms with van der Waals surface area (Å²) >= 11 is 3.76. The van der Waals surface area contributed by atoms with Crippen molar-refractivity contribution >= 4 is 57.9 Å². The van der Waals surface area contributed by atoms with E-state index in [-0.39, 0.29) is 30.2 Å². The molecule has 2 N–H and O–H groups in total. The Hall–Kier alpha value is -3.51. The van der Waals surface area contributed by atoms with Crippen molar-refractivity contribution in [3.63, 3.8) is 0 Å². The molecule has 9 heterocycles. The molecule has 1 amide bonds. The fourth-order valence-corrected chi connectivity index (χ4v) is 11.3. The van der Waals surface area contributed by atoms with Crippen molar-refractivity contribution in [3.05, 3.63) is 40.0 Å². The third-order valence-electron chi connectivity index (χ3n) is 12.8. The number of piperidine rings is 1. The highest BCUT2D eigenvalue weighted by atomic mass is 127. The molecule has 4 saturated heterocycles. The maximum absolute atomic E-state index is 12.6. The number of nitrogens with one attached hydrogen (secondary N) is 1. The van der Waals surface area contributed by atoms with Crippen LogP contribution in [0.4, 0.5) is 22.2 Å². The number of aliphatic hydroxyl groups is 1. The van der Waals surface area contributed by atoms with Gasteiger partial charge in [0, 0.05) is 70.0 Å². The molecule has 18 nitrogen and oxygen atoms in total.